The van der Waals surface area contributed by atoms with Crippen LogP contribution in [0, 0.1) is 0 Å². The van der Waals surface area contributed by atoms with Crippen LogP contribution in [0.2, 0.25) is 0 Å². The number of nitrogens with zero attached hydrogens (tertiary/aromatic N) is 6. The molecule has 0 N–H and O–H groups in total. The van der Waals surface area contributed by atoms with Gasteiger partial charge in [0.25, 0.3) is 0 Å². The summed E-state index contributed by atoms with van der Waals surface area (Å²) in [5.74, 6) is 1.75. The van der Waals surface area contributed by atoms with E-state index in [2.05, 4.69) is 21.2 Å². The van der Waals surface area contributed by atoms with Crippen molar-refractivity contribution in [1.82, 2.24) is 25.1 Å². The summed E-state index contributed by atoms with van der Waals surface area (Å²) in [5.41, 5.74) is 1.18. The molecule has 2 saturated carbocycles. The predicted molar refractivity (Wildman–Crippen MR) is 97.4 cm³/mol. The average Bonchev–Trinajstić information content (AvgIpc) is 3.39. The van der Waals surface area contributed by atoms with Gasteiger partial charge in [-0.1, -0.05) is 6.42 Å². The summed E-state index contributed by atoms with van der Waals surface area (Å²) < 4.78 is 42.6. The van der Waals surface area contributed by atoms with Gasteiger partial charge < -0.3 is 9.32 Å². The molecule has 1 saturated heterocycles. The van der Waals surface area contributed by atoms with Crippen molar-refractivity contribution in [2.45, 2.75) is 56.7 Å². The lowest BCUT2D eigenvalue weighted by atomic mass is 9.83. The van der Waals surface area contributed by atoms with Crippen LogP contribution in [0.15, 0.2) is 10.5 Å². The summed E-state index contributed by atoms with van der Waals surface area (Å²) in [7, 11) is 0. The van der Waals surface area contributed by atoms with Gasteiger partial charge in [0.1, 0.15) is 11.6 Å². The maximum absolute atomic E-state index is 12.6. The Kier molecular flexibility index (Phi) is 4.68. The van der Waals surface area contributed by atoms with Crippen LogP contribution in [0.4, 0.5) is 19.0 Å². The van der Waals surface area contributed by atoms with Crippen LogP contribution in [-0.4, -0.2) is 51.2 Å². The third kappa shape index (κ3) is 4.08. The van der Waals surface area contributed by atoms with Gasteiger partial charge in [0.2, 0.25) is 5.89 Å². The highest BCUT2D eigenvalue weighted by Gasteiger charge is 2.38. The standard InChI is InChI=1S/C19H23F3N6O/c20-19(21,22)18-26-25-16(29-18)11-27-6-8-28(9-7-27)15-10-14(12-2-1-3-12)23-17(24-15)13-4-5-13/h10,12-13H,1-9,11H2. The van der Waals surface area contributed by atoms with Gasteiger partial charge in [0.15, 0.2) is 0 Å². The zero-order chi connectivity index (χ0) is 20.0. The fourth-order valence-corrected chi connectivity index (χ4v) is 3.83. The Labute approximate surface area is 166 Å². The largest absolute Gasteiger partial charge is 0.470 e. The summed E-state index contributed by atoms with van der Waals surface area (Å²) >= 11 is 0. The molecule has 3 aliphatic rings. The van der Waals surface area contributed by atoms with Crippen LogP contribution < -0.4 is 4.90 Å². The van der Waals surface area contributed by atoms with Gasteiger partial charge in [0.05, 0.1) is 6.54 Å². The molecule has 3 heterocycles. The van der Waals surface area contributed by atoms with Gasteiger partial charge in [-0.3, -0.25) is 4.90 Å². The SMILES string of the molecule is FC(F)(F)c1nnc(CN2CCN(c3cc(C4CCC4)nc(C4CC4)n3)CC2)o1. The first-order chi connectivity index (χ1) is 14.0. The van der Waals surface area contributed by atoms with E-state index < -0.39 is 12.1 Å². The van der Waals surface area contributed by atoms with Crippen molar-refractivity contribution in [1.29, 1.82) is 0 Å². The van der Waals surface area contributed by atoms with Crippen LogP contribution in [-0.2, 0) is 12.7 Å². The summed E-state index contributed by atoms with van der Waals surface area (Å²) in [5, 5.41) is 6.62. The molecule has 0 atom stereocenters. The zero-order valence-electron chi connectivity index (χ0n) is 16.0. The molecule has 0 unspecified atom stereocenters. The molecule has 2 aromatic heterocycles. The topological polar surface area (TPSA) is 71.2 Å². The van der Waals surface area contributed by atoms with E-state index in [-0.39, 0.29) is 12.4 Å². The zero-order valence-corrected chi connectivity index (χ0v) is 16.0. The highest BCUT2D eigenvalue weighted by molar-refractivity contribution is 5.42. The average molecular weight is 408 g/mol. The lowest BCUT2D eigenvalue weighted by Gasteiger charge is -2.35. The van der Waals surface area contributed by atoms with E-state index in [1.807, 2.05) is 4.90 Å². The van der Waals surface area contributed by atoms with Crippen LogP contribution >= 0.6 is 0 Å². The maximum Gasteiger partial charge on any atom is 0.470 e. The Morgan fingerprint density at radius 1 is 0.966 bits per heavy atom. The van der Waals surface area contributed by atoms with Crippen molar-refractivity contribution in [3.8, 4) is 0 Å². The second-order valence-electron chi connectivity index (χ2n) is 8.17. The van der Waals surface area contributed by atoms with E-state index in [1.165, 1.54) is 37.8 Å². The van der Waals surface area contributed by atoms with Gasteiger partial charge in [-0.15, -0.1) is 10.2 Å². The van der Waals surface area contributed by atoms with Gasteiger partial charge in [-0.25, -0.2) is 9.97 Å². The molecule has 0 amide bonds. The van der Waals surface area contributed by atoms with Crippen molar-refractivity contribution in [2.24, 2.45) is 0 Å². The first kappa shape index (κ1) is 18.8. The smallest absolute Gasteiger partial charge is 0.416 e. The summed E-state index contributed by atoms with van der Waals surface area (Å²) in [4.78, 5) is 13.9. The molecule has 0 radical (unpaired) electrons. The highest BCUT2D eigenvalue weighted by atomic mass is 19.4. The number of rotatable bonds is 5. The highest BCUT2D eigenvalue weighted by Crippen LogP contribution is 2.41. The predicted octanol–water partition coefficient (Wildman–Crippen LogP) is 3.35. The molecule has 5 rings (SSSR count). The molecule has 0 spiro atoms. The van der Waals surface area contributed by atoms with Crippen LogP contribution in [0.5, 0.6) is 0 Å². The summed E-state index contributed by atoms with van der Waals surface area (Å²) in [6.07, 6.45) is 1.43. The number of halogens is 3. The second-order valence-corrected chi connectivity index (χ2v) is 8.17. The van der Waals surface area contributed by atoms with Gasteiger partial charge in [-0.2, -0.15) is 13.2 Å². The number of hydrogen-bond acceptors (Lipinski definition) is 7. The molecule has 10 heteroatoms. The van der Waals surface area contributed by atoms with Gasteiger partial charge in [0, 0.05) is 49.8 Å². The van der Waals surface area contributed by atoms with E-state index in [9.17, 15) is 13.2 Å². The lowest BCUT2D eigenvalue weighted by molar-refractivity contribution is -0.157. The molecule has 2 aromatic rings. The molecule has 1 aliphatic heterocycles. The molecule has 3 fully saturated rings. The molecule has 0 bridgehead atoms. The fraction of sp³-hybridized carbons (Fsp3) is 0.684. The van der Waals surface area contributed by atoms with Gasteiger partial charge >= 0.3 is 12.1 Å². The molecule has 29 heavy (non-hydrogen) atoms. The molecule has 7 nitrogen and oxygen atoms in total. The number of aromatic nitrogens is 4. The van der Waals surface area contributed by atoms with Gasteiger partial charge in [-0.05, 0) is 25.7 Å². The van der Waals surface area contributed by atoms with Crippen LogP contribution in [0.1, 0.15) is 67.2 Å². The van der Waals surface area contributed by atoms with Crippen LogP contribution in [0.3, 0.4) is 0 Å². The minimum atomic E-state index is -4.60. The van der Waals surface area contributed by atoms with E-state index in [1.54, 1.807) is 0 Å². The monoisotopic (exact) mass is 408 g/mol. The molecule has 2 aliphatic carbocycles. The Morgan fingerprint density at radius 3 is 2.31 bits per heavy atom. The summed E-state index contributed by atoms with van der Waals surface area (Å²) in [6.45, 7) is 3.13. The van der Waals surface area contributed by atoms with Crippen molar-refractivity contribution in [3.05, 3.63) is 29.4 Å². The Morgan fingerprint density at radius 2 is 1.72 bits per heavy atom. The van der Waals surface area contributed by atoms with E-state index in [0.717, 1.165) is 24.7 Å². The number of anilines is 1. The second kappa shape index (κ2) is 7.23. The molecule has 0 aromatic carbocycles. The molecule has 156 valence electrons. The normalized spacial score (nSPS) is 21.4. The number of alkyl halides is 3. The Balaban J connectivity index is 1.23. The first-order valence-corrected chi connectivity index (χ1v) is 10.2. The third-order valence-corrected chi connectivity index (χ3v) is 5.98. The Bertz CT molecular complexity index is 869. The third-order valence-electron chi connectivity index (χ3n) is 5.98. The molecular weight excluding hydrogens is 385 g/mol. The van der Waals surface area contributed by atoms with Crippen molar-refractivity contribution in [3.63, 3.8) is 0 Å². The maximum atomic E-state index is 12.6. The Hall–Kier alpha value is -2.23. The number of hydrogen-bond donors (Lipinski definition) is 0. The van der Waals surface area contributed by atoms with Crippen molar-refractivity contribution >= 4 is 5.82 Å². The van der Waals surface area contributed by atoms with E-state index in [4.69, 9.17) is 14.4 Å². The lowest BCUT2D eigenvalue weighted by Crippen LogP contribution is -2.46. The van der Waals surface area contributed by atoms with Crippen molar-refractivity contribution < 1.29 is 17.6 Å². The minimum Gasteiger partial charge on any atom is -0.416 e. The van der Waals surface area contributed by atoms with Crippen LogP contribution in [0.25, 0.3) is 0 Å². The first-order valence-electron chi connectivity index (χ1n) is 10.2. The minimum absolute atomic E-state index is 0.00361. The fourth-order valence-electron chi connectivity index (χ4n) is 3.83. The van der Waals surface area contributed by atoms with Crippen molar-refractivity contribution in [2.75, 3.05) is 31.1 Å². The van der Waals surface area contributed by atoms with E-state index >= 15 is 0 Å². The quantitative estimate of drug-likeness (QED) is 0.751. The summed E-state index contributed by atoms with van der Waals surface area (Å²) in [6, 6.07) is 2.14. The molecular formula is C19H23F3N6O. The van der Waals surface area contributed by atoms with E-state index in [0.29, 0.717) is 24.9 Å². The number of piperazine rings is 1.